The molecule has 0 radical (unpaired) electrons. The number of benzene rings is 2. The van der Waals surface area contributed by atoms with E-state index in [1.54, 1.807) is 4.90 Å². The van der Waals surface area contributed by atoms with Gasteiger partial charge in [-0.15, -0.1) is 10.2 Å². The number of likely N-dealkylation sites (tertiary alicyclic amines) is 2. The molecular weight excluding hydrogens is 513 g/mol. The van der Waals surface area contributed by atoms with Crippen LogP contribution < -0.4 is 4.90 Å². The molecule has 3 aromatic rings. The first-order valence-corrected chi connectivity index (χ1v) is 12.2. The smallest absolute Gasteiger partial charge is 0.314 e. The maximum Gasteiger partial charge on any atom is 0.314 e. The molecular formula is C25H24F5N5OS. The summed E-state index contributed by atoms with van der Waals surface area (Å²) in [6, 6.07) is 7.44. The molecule has 0 unspecified atom stereocenters. The molecule has 2 fully saturated rings. The Hall–Kier alpha value is -3.12. The van der Waals surface area contributed by atoms with E-state index >= 15 is 4.39 Å². The predicted octanol–water partition coefficient (Wildman–Crippen LogP) is 5.41. The Kier molecular flexibility index (Phi) is 6.88. The number of alkyl halides is 2. The van der Waals surface area contributed by atoms with Gasteiger partial charge in [0.2, 0.25) is 5.89 Å². The highest BCUT2D eigenvalue weighted by atomic mass is 32.1. The van der Waals surface area contributed by atoms with Gasteiger partial charge >= 0.3 is 6.43 Å². The third-order valence-corrected chi connectivity index (χ3v) is 7.55. The summed E-state index contributed by atoms with van der Waals surface area (Å²) in [6.07, 6.45) is -0.842. The van der Waals surface area contributed by atoms with Crippen LogP contribution in [0.3, 0.4) is 0 Å². The fraction of sp³-hybridized carbons (Fsp3) is 0.400. The van der Waals surface area contributed by atoms with Crippen molar-refractivity contribution in [3.8, 4) is 11.5 Å². The molecule has 5 rings (SSSR count). The van der Waals surface area contributed by atoms with E-state index in [0.29, 0.717) is 5.11 Å². The van der Waals surface area contributed by atoms with Crippen molar-refractivity contribution in [1.29, 1.82) is 0 Å². The summed E-state index contributed by atoms with van der Waals surface area (Å²) in [7, 11) is 2.09. The minimum atomic E-state index is -2.94. The highest BCUT2D eigenvalue weighted by molar-refractivity contribution is 7.80. The van der Waals surface area contributed by atoms with E-state index < -0.39 is 29.8 Å². The Bertz CT molecular complexity index is 1300. The number of hydrogen-bond acceptors (Lipinski definition) is 5. The van der Waals surface area contributed by atoms with Crippen LogP contribution in [0, 0.1) is 22.9 Å². The van der Waals surface area contributed by atoms with Crippen LogP contribution in [0.4, 0.5) is 27.6 Å². The Morgan fingerprint density at radius 1 is 1.03 bits per heavy atom. The molecule has 12 heteroatoms. The average molecular weight is 538 g/mol. The van der Waals surface area contributed by atoms with Crippen LogP contribution in [0.25, 0.3) is 11.5 Å². The zero-order valence-electron chi connectivity index (χ0n) is 19.9. The Balaban J connectivity index is 1.38. The van der Waals surface area contributed by atoms with Crippen LogP contribution >= 0.6 is 12.2 Å². The lowest BCUT2D eigenvalue weighted by molar-refractivity contribution is -0.000226. The Morgan fingerprint density at radius 3 is 2.38 bits per heavy atom. The van der Waals surface area contributed by atoms with Crippen LogP contribution in [0.1, 0.15) is 30.7 Å². The van der Waals surface area contributed by atoms with Crippen molar-refractivity contribution in [2.75, 3.05) is 38.1 Å². The highest BCUT2D eigenvalue weighted by Crippen LogP contribution is 2.41. The second-order valence-corrected chi connectivity index (χ2v) is 10.0. The molecule has 0 saturated carbocycles. The number of anilines is 1. The minimum Gasteiger partial charge on any atom is -0.415 e. The summed E-state index contributed by atoms with van der Waals surface area (Å²) in [5.41, 5.74) is 0.799. The van der Waals surface area contributed by atoms with Crippen LogP contribution in [0.2, 0.25) is 0 Å². The summed E-state index contributed by atoms with van der Waals surface area (Å²) >= 11 is 5.75. The van der Waals surface area contributed by atoms with Gasteiger partial charge in [0, 0.05) is 41.4 Å². The third-order valence-electron chi connectivity index (χ3n) is 7.07. The van der Waals surface area contributed by atoms with Gasteiger partial charge in [0.05, 0.1) is 6.54 Å². The van der Waals surface area contributed by atoms with Crippen molar-refractivity contribution < 1.29 is 26.4 Å². The second-order valence-electron chi connectivity index (χ2n) is 9.68. The van der Waals surface area contributed by atoms with Crippen LogP contribution in [-0.2, 0) is 6.54 Å². The molecule has 2 aliphatic heterocycles. The average Bonchev–Trinajstić information content (AvgIpc) is 3.35. The SMILES string of the molecule is CN1CCC2(CC1)CN(C(=S)N(Cc1ccc(-c3nnc(C(F)F)o3)cc1F)c1ccc(F)c(F)c1)C2. The lowest BCUT2D eigenvalue weighted by Gasteiger charge is -2.55. The molecule has 2 saturated heterocycles. The van der Waals surface area contributed by atoms with E-state index in [2.05, 4.69) is 22.1 Å². The van der Waals surface area contributed by atoms with Crippen molar-refractivity contribution in [2.24, 2.45) is 5.41 Å². The largest absolute Gasteiger partial charge is 0.415 e. The first kappa shape index (κ1) is 25.5. The van der Waals surface area contributed by atoms with Gasteiger partial charge in [0.25, 0.3) is 5.89 Å². The number of hydrogen-bond donors (Lipinski definition) is 0. The lowest BCUT2D eigenvalue weighted by atomic mass is 9.72. The molecule has 0 aliphatic carbocycles. The second kappa shape index (κ2) is 9.97. The van der Waals surface area contributed by atoms with Gasteiger partial charge in [0.15, 0.2) is 16.7 Å². The number of nitrogens with zero attached hydrogens (tertiary/aromatic N) is 5. The summed E-state index contributed by atoms with van der Waals surface area (Å²) in [4.78, 5) is 5.85. The van der Waals surface area contributed by atoms with Crippen molar-refractivity contribution in [1.82, 2.24) is 20.0 Å². The van der Waals surface area contributed by atoms with Gasteiger partial charge in [-0.1, -0.05) is 6.07 Å². The zero-order chi connectivity index (χ0) is 26.3. The molecule has 1 aromatic heterocycles. The van der Waals surface area contributed by atoms with E-state index in [1.807, 2.05) is 4.90 Å². The molecule has 0 bridgehead atoms. The van der Waals surface area contributed by atoms with Crippen molar-refractivity contribution in [3.63, 3.8) is 0 Å². The van der Waals surface area contributed by atoms with E-state index in [-0.39, 0.29) is 34.7 Å². The highest BCUT2D eigenvalue weighted by Gasteiger charge is 2.46. The maximum absolute atomic E-state index is 15.1. The summed E-state index contributed by atoms with van der Waals surface area (Å²) < 4.78 is 73.3. The number of aromatic nitrogens is 2. The van der Waals surface area contributed by atoms with E-state index in [1.165, 1.54) is 18.2 Å². The van der Waals surface area contributed by atoms with Crippen molar-refractivity contribution in [3.05, 3.63) is 65.3 Å². The Morgan fingerprint density at radius 2 is 1.76 bits per heavy atom. The molecule has 3 heterocycles. The maximum atomic E-state index is 15.1. The van der Waals surface area contributed by atoms with Gasteiger partial charge in [-0.2, -0.15) is 8.78 Å². The molecule has 1 spiro atoms. The molecule has 37 heavy (non-hydrogen) atoms. The first-order chi connectivity index (χ1) is 17.6. The van der Waals surface area contributed by atoms with Gasteiger partial charge in [-0.05, 0) is 69.5 Å². The molecule has 0 atom stereocenters. The quantitative estimate of drug-likeness (QED) is 0.319. The van der Waals surface area contributed by atoms with Gasteiger partial charge in [0.1, 0.15) is 5.82 Å². The van der Waals surface area contributed by atoms with E-state index in [0.717, 1.165) is 57.2 Å². The topological polar surface area (TPSA) is 48.6 Å². The first-order valence-electron chi connectivity index (χ1n) is 11.7. The molecule has 0 amide bonds. The summed E-state index contributed by atoms with van der Waals surface area (Å²) in [5, 5.41) is 7.18. The molecule has 2 aromatic carbocycles. The summed E-state index contributed by atoms with van der Waals surface area (Å²) in [5.74, 6) is -3.80. The fourth-order valence-corrected chi connectivity index (χ4v) is 5.12. The van der Waals surface area contributed by atoms with Crippen LogP contribution in [-0.4, -0.2) is 58.3 Å². The molecule has 0 N–H and O–H groups in total. The number of thiocarbonyl (C=S) groups is 1. The fourth-order valence-electron chi connectivity index (χ4n) is 4.82. The monoisotopic (exact) mass is 537 g/mol. The molecule has 2 aliphatic rings. The zero-order valence-corrected chi connectivity index (χ0v) is 20.8. The molecule has 6 nitrogen and oxygen atoms in total. The van der Waals surface area contributed by atoms with Gasteiger partial charge in [-0.25, -0.2) is 13.2 Å². The number of piperidine rings is 1. The molecule has 196 valence electrons. The normalized spacial score (nSPS) is 17.3. The predicted molar refractivity (Wildman–Crippen MR) is 131 cm³/mol. The standard InChI is InChI=1S/C25H24F5N5OS/c1-33-8-6-25(7-9-33)13-34(14-25)24(37)35(17-4-5-18(26)20(28)11-17)12-16-3-2-15(10-19(16)27)22-31-32-23(36-22)21(29)30/h2-5,10-11,21H,6-9,12-14H2,1H3. The van der Waals surface area contributed by atoms with Crippen molar-refractivity contribution in [2.45, 2.75) is 25.8 Å². The van der Waals surface area contributed by atoms with Crippen molar-refractivity contribution >= 4 is 23.0 Å². The summed E-state index contributed by atoms with van der Waals surface area (Å²) in [6.45, 7) is 3.43. The third kappa shape index (κ3) is 5.17. The number of rotatable bonds is 5. The minimum absolute atomic E-state index is 0.0611. The van der Waals surface area contributed by atoms with Crippen LogP contribution in [0.5, 0.6) is 0 Å². The van der Waals surface area contributed by atoms with Gasteiger partial charge < -0.3 is 19.1 Å². The Labute approximate surface area is 215 Å². The number of halogens is 5. The van der Waals surface area contributed by atoms with Crippen LogP contribution in [0.15, 0.2) is 40.8 Å². The lowest BCUT2D eigenvalue weighted by Crippen LogP contribution is -2.63. The van der Waals surface area contributed by atoms with E-state index in [4.69, 9.17) is 16.6 Å². The van der Waals surface area contributed by atoms with Gasteiger partial charge in [-0.3, -0.25) is 0 Å². The van der Waals surface area contributed by atoms with E-state index in [9.17, 15) is 17.6 Å².